The molecule has 1 fully saturated rings. The Bertz CT molecular complexity index is 445. The molecular formula is C12H14N2O2. The molecule has 1 amide bonds. The van der Waals surface area contributed by atoms with Crippen LogP contribution in [0.3, 0.4) is 0 Å². The minimum absolute atomic E-state index is 0.00884. The first-order valence-corrected chi connectivity index (χ1v) is 5.56. The number of phenols is 1. The highest BCUT2D eigenvalue weighted by Crippen LogP contribution is 2.29. The molecule has 3 rings (SSSR count). The highest BCUT2D eigenvalue weighted by atomic mass is 16.3. The lowest BCUT2D eigenvalue weighted by Crippen LogP contribution is -2.37. The summed E-state index contributed by atoms with van der Waals surface area (Å²) >= 11 is 0. The number of hydrogen-bond acceptors (Lipinski definition) is 3. The maximum atomic E-state index is 11.6. The number of nitrogens with one attached hydrogen (secondary N) is 1. The SMILES string of the molecule is O=C1NCCC1N1Cc2ccc(O)cc2C1. The molecule has 0 saturated carbocycles. The predicted octanol–water partition coefficient (Wildman–Crippen LogP) is 0.596. The van der Waals surface area contributed by atoms with E-state index in [0.29, 0.717) is 5.75 Å². The number of rotatable bonds is 1. The Kier molecular flexibility index (Phi) is 2.11. The van der Waals surface area contributed by atoms with Gasteiger partial charge in [-0.25, -0.2) is 0 Å². The number of carbonyl (C=O) groups excluding carboxylic acids is 1. The van der Waals surface area contributed by atoms with E-state index in [1.807, 2.05) is 6.07 Å². The molecule has 16 heavy (non-hydrogen) atoms. The van der Waals surface area contributed by atoms with Gasteiger partial charge in [0.25, 0.3) is 0 Å². The van der Waals surface area contributed by atoms with Crippen LogP contribution in [0.25, 0.3) is 0 Å². The number of aromatic hydroxyl groups is 1. The van der Waals surface area contributed by atoms with Crippen LogP contribution in [0.2, 0.25) is 0 Å². The molecule has 84 valence electrons. The Morgan fingerprint density at radius 1 is 1.31 bits per heavy atom. The number of carbonyl (C=O) groups is 1. The standard InChI is InChI=1S/C12H14N2O2/c15-10-2-1-8-6-14(7-9(8)5-10)11-3-4-13-12(11)16/h1-2,5,11,15H,3-4,6-7H2,(H,13,16). The van der Waals surface area contributed by atoms with Crippen LogP contribution in [0.4, 0.5) is 0 Å². The maximum absolute atomic E-state index is 11.6. The number of hydrogen-bond donors (Lipinski definition) is 2. The van der Waals surface area contributed by atoms with Gasteiger partial charge in [-0.1, -0.05) is 6.07 Å². The fourth-order valence-electron chi connectivity index (χ4n) is 2.56. The number of phenolic OH excluding ortho intramolecular Hbond substituents is 1. The average molecular weight is 218 g/mol. The van der Waals surface area contributed by atoms with Crippen molar-refractivity contribution in [1.29, 1.82) is 0 Å². The van der Waals surface area contributed by atoms with Crippen LogP contribution >= 0.6 is 0 Å². The van der Waals surface area contributed by atoms with Gasteiger partial charge in [-0.2, -0.15) is 0 Å². The zero-order chi connectivity index (χ0) is 11.1. The Morgan fingerprint density at radius 3 is 2.88 bits per heavy atom. The molecule has 1 saturated heterocycles. The summed E-state index contributed by atoms with van der Waals surface area (Å²) in [5, 5.41) is 12.3. The van der Waals surface area contributed by atoms with E-state index in [-0.39, 0.29) is 11.9 Å². The first-order valence-electron chi connectivity index (χ1n) is 5.56. The van der Waals surface area contributed by atoms with Gasteiger partial charge < -0.3 is 10.4 Å². The first-order chi connectivity index (χ1) is 7.74. The molecule has 2 aliphatic heterocycles. The molecule has 2 N–H and O–H groups in total. The lowest BCUT2D eigenvalue weighted by Gasteiger charge is -2.20. The molecule has 1 aromatic rings. The molecule has 1 aromatic carbocycles. The molecule has 0 aromatic heterocycles. The summed E-state index contributed by atoms with van der Waals surface area (Å²) in [6, 6.07) is 5.45. The van der Waals surface area contributed by atoms with Crippen LogP contribution in [-0.2, 0) is 17.9 Å². The number of nitrogens with zero attached hydrogens (tertiary/aromatic N) is 1. The van der Waals surface area contributed by atoms with Crippen molar-refractivity contribution in [2.45, 2.75) is 25.6 Å². The van der Waals surface area contributed by atoms with Crippen molar-refractivity contribution in [2.24, 2.45) is 0 Å². The largest absolute Gasteiger partial charge is 0.508 e. The van der Waals surface area contributed by atoms with Crippen LogP contribution in [0.1, 0.15) is 17.5 Å². The second-order valence-electron chi connectivity index (χ2n) is 4.45. The normalized spacial score (nSPS) is 24.5. The van der Waals surface area contributed by atoms with Crippen LogP contribution in [-0.4, -0.2) is 28.5 Å². The molecule has 1 atom stereocenters. The van der Waals surface area contributed by atoms with Crippen molar-refractivity contribution in [3.8, 4) is 5.75 Å². The third-order valence-corrected chi connectivity index (χ3v) is 3.40. The lowest BCUT2D eigenvalue weighted by atomic mass is 10.1. The molecule has 1 unspecified atom stereocenters. The van der Waals surface area contributed by atoms with E-state index in [0.717, 1.165) is 31.6 Å². The summed E-state index contributed by atoms with van der Waals surface area (Å²) in [4.78, 5) is 13.8. The third-order valence-electron chi connectivity index (χ3n) is 3.40. The third kappa shape index (κ3) is 1.46. The molecule has 2 aliphatic rings. The molecule has 2 heterocycles. The van der Waals surface area contributed by atoms with E-state index in [9.17, 15) is 9.90 Å². The quantitative estimate of drug-likeness (QED) is 0.725. The van der Waals surface area contributed by atoms with Crippen molar-refractivity contribution < 1.29 is 9.90 Å². The summed E-state index contributed by atoms with van der Waals surface area (Å²) in [6.07, 6.45) is 0.888. The summed E-state index contributed by atoms with van der Waals surface area (Å²) in [5.74, 6) is 0.438. The summed E-state index contributed by atoms with van der Waals surface area (Å²) in [6.45, 7) is 2.36. The van der Waals surface area contributed by atoms with Crippen LogP contribution < -0.4 is 5.32 Å². The number of benzene rings is 1. The van der Waals surface area contributed by atoms with E-state index in [4.69, 9.17) is 0 Å². The van der Waals surface area contributed by atoms with E-state index in [1.54, 1.807) is 12.1 Å². The molecular weight excluding hydrogens is 204 g/mol. The summed E-state index contributed by atoms with van der Waals surface area (Å²) < 4.78 is 0. The Hall–Kier alpha value is -1.55. The first kappa shape index (κ1) is 9.66. The van der Waals surface area contributed by atoms with Gasteiger partial charge in [-0.05, 0) is 29.7 Å². The van der Waals surface area contributed by atoms with Crippen molar-refractivity contribution in [2.75, 3.05) is 6.54 Å². The molecule has 0 aliphatic carbocycles. The van der Waals surface area contributed by atoms with Gasteiger partial charge in [-0.15, -0.1) is 0 Å². The van der Waals surface area contributed by atoms with E-state index in [1.165, 1.54) is 5.56 Å². The topological polar surface area (TPSA) is 52.6 Å². The van der Waals surface area contributed by atoms with E-state index < -0.39 is 0 Å². The zero-order valence-electron chi connectivity index (χ0n) is 8.94. The predicted molar refractivity (Wildman–Crippen MR) is 58.8 cm³/mol. The van der Waals surface area contributed by atoms with E-state index in [2.05, 4.69) is 10.2 Å². The van der Waals surface area contributed by atoms with Crippen molar-refractivity contribution in [3.63, 3.8) is 0 Å². The molecule has 4 heteroatoms. The Morgan fingerprint density at radius 2 is 2.12 bits per heavy atom. The Labute approximate surface area is 93.9 Å². The van der Waals surface area contributed by atoms with Gasteiger partial charge in [0.1, 0.15) is 5.75 Å². The van der Waals surface area contributed by atoms with Gasteiger partial charge in [0.15, 0.2) is 0 Å². The van der Waals surface area contributed by atoms with Crippen molar-refractivity contribution in [3.05, 3.63) is 29.3 Å². The highest BCUT2D eigenvalue weighted by molar-refractivity contribution is 5.83. The molecule has 0 radical (unpaired) electrons. The minimum Gasteiger partial charge on any atom is -0.508 e. The van der Waals surface area contributed by atoms with Gasteiger partial charge in [0.2, 0.25) is 5.91 Å². The second-order valence-corrected chi connectivity index (χ2v) is 4.45. The molecule has 0 spiro atoms. The Balaban J connectivity index is 1.82. The van der Waals surface area contributed by atoms with Crippen molar-refractivity contribution >= 4 is 5.91 Å². The second kappa shape index (κ2) is 3.49. The maximum Gasteiger partial charge on any atom is 0.237 e. The number of fused-ring (bicyclic) bond motifs is 1. The zero-order valence-corrected chi connectivity index (χ0v) is 8.94. The molecule has 0 bridgehead atoms. The van der Waals surface area contributed by atoms with Crippen LogP contribution in [0.5, 0.6) is 5.75 Å². The molecule has 4 nitrogen and oxygen atoms in total. The average Bonchev–Trinajstić information content (AvgIpc) is 2.82. The van der Waals surface area contributed by atoms with Gasteiger partial charge in [0.05, 0.1) is 6.04 Å². The number of amides is 1. The highest BCUT2D eigenvalue weighted by Gasteiger charge is 2.33. The fourth-order valence-corrected chi connectivity index (χ4v) is 2.56. The summed E-state index contributed by atoms with van der Waals surface area (Å²) in [7, 11) is 0. The fraction of sp³-hybridized carbons (Fsp3) is 0.417. The van der Waals surface area contributed by atoms with E-state index >= 15 is 0 Å². The van der Waals surface area contributed by atoms with Gasteiger partial charge in [0, 0.05) is 19.6 Å². The monoisotopic (exact) mass is 218 g/mol. The smallest absolute Gasteiger partial charge is 0.237 e. The van der Waals surface area contributed by atoms with Crippen LogP contribution in [0.15, 0.2) is 18.2 Å². The lowest BCUT2D eigenvalue weighted by molar-refractivity contribution is -0.123. The minimum atomic E-state index is 0.00884. The van der Waals surface area contributed by atoms with Crippen molar-refractivity contribution in [1.82, 2.24) is 10.2 Å². The van der Waals surface area contributed by atoms with Gasteiger partial charge >= 0.3 is 0 Å². The van der Waals surface area contributed by atoms with Crippen LogP contribution in [0, 0.1) is 0 Å². The summed E-state index contributed by atoms with van der Waals surface area (Å²) in [5.41, 5.74) is 2.36. The van der Waals surface area contributed by atoms with Gasteiger partial charge in [-0.3, -0.25) is 9.69 Å².